The van der Waals surface area contributed by atoms with Crippen molar-refractivity contribution in [3.8, 4) is 0 Å². The van der Waals surface area contributed by atoms with Crippen LogP contribution in [0.15, 0.2) is 34.3 Å². The molecule has 0 heterocycles. The molecule has 1 aromatic carbocycles. The first kappa shape index (κ1) is 15.9. The number of benzene rings is 1. The van der Waals surface area contributed by atoms with Gasteiger partial charge in [-0.15, -0.1) is 0 Å². The fourth-order valence-corrected chi connectivity index (χ4v) is 1.07. The van der Waals surface area contributed by atoms with E-state index in [9.17, 15) is 9.59 Å². The molecule has 1 rings (SSSR count). The van der Waals surface area contributed by atoms with Crippen LogP contribution in [-0.2, 0) is 22.7 Å². The smallest absolute Gasteiger partial charge is 0.235 e. The maximum atomic E-state index is 9.87. The number of hydrogen-bond donors (Lipinski definition) is 2. The Morgan fingerprint density at radius 2 is 1.39 bits per heavy atom. The standard InChI is InChI=1S/C10H8N2O2.C2H8N2/c13-7-11-5-9-2-1-3-10(4-9)6-12-8-14;3-1-2-4/h1-4H,5-6H2;1-4H2. The zero-order valence-electron chi connectivity index (χ0n) is 10.0. The van der Waals surface area contributed by atoms with Gasteiger partial charge in [0.15, 0.2) is 0 Å². The van der Waals surface area contributed by atoms with E-state index in [4.69, 9.17) is 11.5 Å². The van der Waals surface area contributed by atoms with Crippen LogP contribution in [0.25, 0.3) is 0 Å². The van der Waals surface area contributed by atoms with Crippen LogP contribution in [0, 0.1) is 0 Å². The summed E-state index contributed by atoms with van der Waals surface area (Å²) < 4.78 is 0. The van der Waals surface area contributed by atoms with Crippen LogP contribution in [0.2, 0.25) is 0 Å². The number of aliphatic imine (C=N–C) groups is 2. The van der Waals surface area contributed by atoms with E-state index in [1.807, 2.05) is 24.3 Å². The Morgan fingerprint density at radius 1 is 0.944 bits per heavy atom. The third-order valence-corrected chi connectivity index (χ3v) is 1.81. The molecule has 0 aliphatic heterocycles. The van der Waals surface area contributed by atoms with Crippen LogP contribution in [0.1, 0.15) is 11.1 Å². The Kier molecular flexibility index (Phi) is 10.1. The van der Waals surface area contributed by atoms with Crippen LogP contribution in [0.3, 0.4) is 0 Å². The Balaban J connectivity index is 0.000000631. The van der Waals surface area contributed by atoms with Crippen molar-refractivity contribution in [3.05, 3.63) is 35.4 Å². The molecule has 18 heavy (non-hydrogen) atoms. The van der Waals surface area contributed by atoms with Gasteiger partial charge in [0.1, 0.15) is 0 Å². The third kappa shape index (κ3) is 8.10. The number of rotatable bonds is 5. The monoisotopic (exact) mass is 248 g/mol. The lowest BCUT2D eigenvalue weighted by molar-refractivity contribution is 0.562. The zero-order chi connectivity index (χ0) is 13.6. The Bertz CT molecular complexity index is 398. The normalized spacial score (nSPS) is 8.33. The van der Waals surface area contributed by atoms with Crippen LogP contribution in [0.5, 0.6) is 0 Å². The molecule has 0 saturated carbocycles. The molecule has 4 N–H and O–H groups in total. The van der Waals surface area contributed by atoms with Gasteiger partial charge in [0.2, 0.25) is 12.2 Å². The second-order valence-electron chi connectivity index (χ2n) is 3.21. The highest BCUT2D eigenvalue weighted by Crippen LogP contribution is 2.07. The van der Waals surface area contributed by atoms with Gasteiger partial charge in [-0.2, -0.15) is 0 Å². The van der Waals surface area contributed by atoms with E-state index >= 15 is 0 Å². The molecule has 0 fully saturated rings. The minimum absolute atomic E-state index is 0.308. The molecule has 96 valence electrons. The van der Waals surface area contributed by atoms with Crippen LogP contribution >= 0.6 is 0 Å². The van der Waals surface area contributed by atoms with Crippen molar-refractivity contribution in [3.63, 3.8) is 0 Å². The fraction of sp³-hybridized carbons (Fsp3) is 0.333. The highest BCUT2D eigenvalue weighted by molar-refractivity contribution is 5.35. The van der Waals surface area contributed by atoms with Crippen molar-refractivity contribution in [1.29, 1.82) is 0 Å². The number of carbonyl (C=O) groups excluding carboxylic acids is 2. The van der Waals surface area contributed by atoms with Gasteiger partial charge >= 0.3 is 0 Å². The molecular weight excluding hydrogens is 232 g/mol. The summed E-state index contributed by atoms with van der Waals surface area (Å²) in [7, 11) is 0. The van der Waals surface area contributed by atoms with E-state index in [2.05, 4.69) is 9.98 Å². The van der Waals surface area contributed by atoms with Gasteiger partial charge in [0.05, 0.1) is 13.1 Å². The average molecular weight is 248 g/mol. The first-order valence-corrected chi connectivity index (χ1v) is 5.33. The van der Waals surface area contributed by atoms with E-state index in [-0.39, 0.29) is 0 Å². The van der Waals surface area contributed by atoms with Gasteiger partial charge in [0.25, 0.3) is 0 Å². The van der Waals surface area contributed by atoms with Crippen molar-refractivity contribution in [2.75, 3.05) is 13.1 Å². The second kappa shape index (κ2) is 11.4. The molecule has 0 bridgehead atoms. The molecule has 0 aliphatic carbocycles. The van der Waals surface area contributed by atoms with E-state index in [0.29, 0.717) is 26.2 Å². The molecule has 0 aromatic heterocycles. The quantitative estimate of drug-likeness (QED) is 0.575. The molecule has 0 saturated heterocycles. The summed E-state index contributed by atoms with van der Waals surface area (Å²) in [5.41, 5.74) is 11.6. The molecule has 0 spiro atoms. The minimum atomic E-state index is 0.308. The first-order valence-electron chi connectivity index (χ1n) is 5.33. The van der Waals surface area contributed by atoms with Crippen molar-refractivity contribution >= 4 is 12.2 Å². The lowest BCUT2D eigenvalue weighted by atomic mass is 10.1. The average Bonchev–Trinajstić information content (AvgIpc) is 2.43. The van der Waals surface area contributed by atoms with Gasteiger partial charge < -0.3 is 11.5 Å². The van der Waals surface area contributed by atoms with Crippen molar-refractivity contribution < 1.29 is 9.59 Å². The largest absolute Gasteiger partial charge is 0.329 e. The van der Waals surface area contributed by atoms with Gasteiger partial charge in [-0.05, 0) is 11.1 Å². The van der Waals surface area contributed by atoms with Crippen LogP contribution in [0.4, 0.5) is 0 Å². The number of nitrogens with zero attached hydrogens (tertiary/aromatic N) is 2. The summed E-state index contributed by atoms with van der Waals surface area (Å²) in [4.78, 5) is 26.6. The Morgan fingerprint density at radius 3 is 1.72 bits per heavy atom. The second-order valence-corrected chi connectivity index (χ2v) is 3.21. The maximum absolute atomic E-state index is 9.87. The van der Waals surface area contributed by atoms with Crippen molar-refractivity contribution in [1.82, 2.24) is 0 Å². The number of hydrogen-bond acceptors (Lipinski definition) is 6. The van der Waals surface area contributed by atoms with E-state index < -0.39 is 0 Å². The zero-order valence-corrected chi connectivity index (χ0v) is 10.0. The lowest BCUT2D eigenvalue weighted by Gasteiger charge is -1.98. The Hall–Kier alpha value is -2.10. The first-order chi connectivity index (χ1) is 8.78. The highest BCUT2D eigenvalue weighted by Gasteiger charge is 1.94. The summed E-state index contributed by atoms with van der Waals surface area (Å²) >= 11 is 0. The molecule has 0 amide bonds. The highest BCUT2D eigenvalue weighted by atomic mass is 16.1. The van der Waals surface area contributed by atoms with Gasteiger partial charge in [0, 0.05) is 13.1 Å². The summed E-state index contributed by atoms with van der Waals surface area (Å²) in [5.74, 6) is 0. The molecule has 1 aromatic rings. The molecule has 0 atom stereocenters. The van der Waals surface area contributed by atoms with Crippen molar-refractivity contribution in [2.45, 2.75) is 13.1 Å². The number of isocyanates is 2. The molecule has 0 unspecified atom stereocenters. The van der Waals surface area contributed by atoms with E-state index in [1.54, 1.807) is 0 Å². The maximum Gasteiger partial charge on any atom is 0.235 e. The SMILES string of the molecule is NCCN.O=C=NCc1cccc(CN=C=O)c1. The van der Waals surface area contributed by atoms with Crippen molar-refractivity contribution in [2.24, 2.45) is 21.5 Å². The summed E-state index contributed by atoms with van der Waals surface area (Å²) in [6, 6.07) is 7.34. The van der Waals surface area contributed by atoms with Gasteiger partial charge in [-0.25, -0.2) is 19.6 Å². The predicted molar refractivity (Wildman–Crippen MR) is 68.2 cm³/mol. The van der Waals surface area contributed by atoms with Gasteiger partial charge in [-0.3, -0.25) is 0 Å². The number of nitrogens with two attached hydrogens (primary N) is 2. The molecule has 0 radical (unpaired) electrons. The van der Waals surface area contributed by atoms with E-state index in [0.717, 1.165) is 11.1 Å². The Labute approximate surface area is 105 Å². The summed E-state index contributed by atoms with van der Waals surface area (Å²) in [6.07, 6.45) is 2.94. The predicted octanol–water partition coefficient (Wildman–Crippen LogP) is 0.262. The molecular formula is C12H16N4O2. The summed E-state index contributed by atoms with van der Waals surface area (Å²) in [5, 5.41) is 0. The van der Waals surface area contributed by atoms with Gasteiger partial charge in [-0.1, -0.05) is 24.3 Å². The fourth-order valence-electron chi connectivity index (χ4n) is 1.07. The minimum Gasteiger partial charge on any atom is -0.329 e. The lowest BCUT2D eigenvalue weighted by Crippen LogP contribution is -2.11. The van der Waals surface area contributed by atoms with Crippen LogP contribution < -0.4 is 11.5 Å². The molecule has 6 heteroatoms. The van der Waals surface area contributed by atoms with Crippen LogP contribution in [-0.4, -0.2) is 25.2 Å². The third-order valence-electron chi connectivity index (χ3n) is 1.81. The topological polar surface area (TPSA) is 111 Å². The summed E-state index contributed by atoms with van der Waals surface area (Å²) in [6.45, 7) is 1.81. The molecule has 0 aliphatic rings. The molecule has 6 nitrogen and oxygen atoms in total. The van der Waals surface area contributed by atoms with E-state index in [1.165, 1.54) is 12.2 Å².